The number of benzene rings is 2. The molecule has 5 rings (SSSR count). The highest BCUT2D eigenvalue weighted by molar-refractivity contribution is 7.22. The molecule has 1 aromatic heterocycles. The highest BCUT2D eigenvalue weighted by Crippen LogP contribution is 2.32. The van der Waals surface area contributed by atoms with Gasteiger partial charge in [0.05, 0.1) is 22.3 Å². The van der Waals surface area contributed by atoms with E-state index in [1.165, 1.54) is 23.5 Å². The minimum atomic E-state index is -0.423. The number of anilines is 1. The molecule has 2 saturated heterocycles. The highest BCUT2D eigenvalue weighted by atomic mass is 32.1. The van der Waals surface area contributed by atoms with Gasteiger partial charge in [0.1, 0.15) is 11.9 Å². The Morgan fingerprint density at radius 1 is 1.08 bits per heavy atom. The fourth-order valence-corrected chi connectivity index (χ4v) is 6.29. The number of fused-ring (bicyclic) bond motifs is 1. The van der Waals surface area contributed by atoms with Crippen LogP contribution in [0.2, 0.25) is 0 Å². The normalized spacial score (nSPS) is 21.4. The molecule has 0 spiro atoms. The fourth-order valence-electron chi connectivity index (χ4n) is 5.28. The Kier molecular flexibility index (Phi) is 7.30. The van der Waals surface area contributed by atoms with Crippen LogP contribution >= 0.6 is 11.3 Å². The van der Waals surface area contributed by atoms with Crippen LogP contribution in [0.4, 0.5) is 14.3 Å². The smallest absolute Gasteiger partial charge is 0.410 e. The Morgan fingerprint density at radius 3 is 2.41 bits per heavy atom. The van der Waals surface area contributed by atoms with Gasteiger partial charge in [0.15, 0.2) is 5.13 Å². The molecule has 0 aliphatic carbocycles. The van der Waals surface area contributed by atoms with Gasteiger partial charge in [-0.15, -0.1) is 0 Å². The van der Waals surface area contributed by atoms with E-state index >= 15 is 0 Å². The van der Waals surface area contributed by atoms with Gasteiger partial charge in [-0.2, -0.15) is 0 Å². The number of rotatable bonds is 5. The molecule has 2 amide bonds. The lowest BCUT2D eigenvalue weighted by Gasteiger charge is -2.44. The first-order valence-corrected chi connectivity index (χ1v) is 13.5. The van der Waals surface area contributed by atoms with Crippen LogP contribution in [-0.4, -0.2) is 71.2 Å². The predicted molar refractivity (Wildman–Crippen MR) is 142 cm³/mol. The second-order valence-electron chi connectivity index (χ2n) is 10.0. The third-order valence-electron chi connectivity index (χ3n) is 7.19. The zero-order valence-electron chi connectivity index (χ0n) is 21.1. The molecule has 2 aliphatic rings. The van der Waals surface area contributed by atoms with Crippen LogP contribution in [0, 0.1) is 5.82 Å². The Balaban J connectivity index is 1.12. The van der Waals surface area contributed by atoms with Crippen LogP contribution in [0.25, 0.3) is 10.2 Å². The van der Waals surface area contributed by atoms with E-state index in [4.69, 9.17) is 10.5 Å². The standard InChI is InChI=1S/C27H32FN5O3S/c1-17-14-32(26-30-23-8-7-21(28)13-24(23)37-26)15-18(2)33(17)27(35)36-22-9-11-31(12-10-22)16-19-3-5-20(6-4-19)25(29)34/h3-8,13,17-18,22H,9-12,14-16H2,1-2H3,(H2,29,34)/t17-,18-/m1/s1. The number of hydrogen-bond acceptors (Lipinski definition) is 7. The van der Waals surface area contributed by atoms with E-state index in [0.717, 1.165) is 53.4 Å². The summed E-state index contributed by atoms with van der Waals surface area (Å²) in [4.78, 5) is 35.4. The monoisotopic (exact) mass is 525 g/mol. The summed E-state index contributed by atoms with van der Waals surface area (Å²) in [5.74, 6) is -0.686. The average Bonchev–Trinajstić information content (AvgIpc) is 3.28. The first-order valence-electron chi connectivity index (χ1n) is 12.7. The van der Waals surface area contributed by atoms with E-state index in [0.29, 0.717) is 18.7 Å². The van der Waals surface area contributed by atoms with E-state index in [-0.39, 0.29) is 30.1 Å². The molecule has 3 heterocycles. The van der Waals surface area contributed by atoms with Crippen LogP contribution in [0.15, 0.2) is 42.5 Å². The van der Waals surface area contributed by atoms with Crippen LogP contribution in [0.3, 0.4) is 0 Å². The summed E-state index contributed by atoms with van der Waals surface area (Å²) in [5, 5.41) is 0.851. The third-order valence-corrected chi connectivity index (χ3v) is 8.27. The minimum absolute atomic E-state index is 0.0385. The highest BCUT2D eigenvalue weighted by Gasteiger charge is 2.36. The number of nitrogens with zero attached hydrogens (tertiary/aromatic N) is 4. The van der Waals surface area contributed by atoms with Crippen molar-refractivity contribution < 1.29 is 18.7 Å². The Morgan fingerprint density at radius 2 is 1.76 bits per heavy atom. The molecular formula is C27H32FN5O3S. The van der Waals surface area contributed by atoms with E-state index in [9.17, 15) is 14.0 Å². The summed E-state index contributed by atoms with van der Waals surface area (Å²) in [6, 6.07) is 11.9. The van der Waals surface area contributed by atoms with Crippen molar-refractivity contribution in [1.82, 2.24) is 14.8 Å². The maximum Gasteiger partial charge on any atom is 0.410 e. The van der Waals surface area contributed by atoms with Gasteiger partial charge in [-0.1, -0.05) is 23.5 Å². The Bertz CT molecular complexity index is 1260. The number of primary amides is 1. The van der Waals surface area contributed by atoms with Crippen LogP contribution < -0.4 is 10.6 Å². The van der Waals surface area contributed by atoms with Gasteiger partial charge in [0, 0.05) is 38.3 Å². The molecule has 2 aliphatic heterocycles. The lowest BCUT2D eigenvalue weighted by Crippen LogP contribution is -2.59. The summed E-state index contributed by atoms with van der Waals surface area (Å²) < 4.78 is 20.4. The summed E-state index contributed by atoms with van der Waals surface area (Å²) in [6.45, 7) is 7.82. The number of amides is 2. The zero-order chi connectivity index (χ0) is 26.1. The van der Waals surface area contributed by atoms with Gasteiger partial charge >= 0.3 is 6.09 Å². The van der Waals surface area contributed by atoms with Gasteiger partial charge in [-0.25, -0.2) is 14.2 Å². The lowest BCUT2D eigenvalue weighted by molar-refractivity contribution is 0.0101. The maximum absolute atomic E-state index is 13.6. The average molecular weight is 526 g/mol. The molecule has 2 fully saturated rings. The summed E-state index contributed by atoms with van der Waals surface area (Å²) in [6.07, 6.45) is 1.22. The number of thiazole rings is 1. The van der Waals surface area contributed by atoms with Crippen molar-refractivity contribution in [3.05, 3.63) is 59.4 Å². The number of hydrogen-bond donors (Lipinski definition) is 1. The van der Waals surface area contributed by atoms with E-state index in [1.807, 2.05) is 30.9 Å². The molecule has 2 atom stereocenters. The number of nitrogens with two attached hydrogens (primary N) is 1. The van der Waals surface area contributed by atoms with Gasteiger partial charge in [-0.05, 0) is 62.6 Å². The van der Waals surface area contributed by atoms with Crippen molar-refractivity contribution in [3.63, 3.8) is 0 Å². The molecule has 0 bridgehead atoms. The number of halogens is 1. The predicted octanol–water partition coefficient (Wildman–Crippen LogP) is 4.23. The van der Waals surface area contributed by atoms with Crippen molar-refractivity contribution in [1.29, 1.82) is 0 Å². The minimum Gasteiger partial charge on any atom is -0.446 e. The number of carbonyl (C=O) groups is 2. The first kappa shape index (κ1) is 25.4. The molecule has 0 unspecified atom stereocenters. The van der Waals surface area contributed by atoms with Crippen molar-refractivity contribution in [3.8, 4) is 0 Å². The molecule has 2 N–H and O–H groups in total. The topological polar surface area (TPSA) is 92.0 Å². The lowest BCUT2D eigenvalue weighted by atomic mass is 10.1. The Labute approximate surface area is 219 Å². The second kappa shape index (κ2) is 10.6. The molecule has 37 heavy (non-hydrogen) atoms. The number of aromatic nitrogens is 1. The van der Waals surface area contributed by atoms with Crippen molar-refractivity contribution in [2.24, 2.45) is 5.73 Å². The second-order valence-corrected chi connectivity index (χ2v) is 11.0. The van der Waals surface area contributed by atoms with Crippen LogP contribution in [0.5, 0.6) is 0 Å². The van der Waals surface area contributed by atoms with Gasteiger partial charge in [0.25, 0.3) is 0 Å². The van der Waals surface area contributed by atoms with Gasteiger partial charge in [0.2, 0.25) is 5.91 Å². The Hall–Kier alpha value is -3.24. The number of piperazine rings is 1. The van der Waals surface area contributed by atoms with Gasteiger partial charge in [-0.3, -0.25) is 14.6 Å². The maximum atomic E-state index is 13.6. The fraction of sp³-hybridized carbons (Fsp3) is 0.444. The number of ether oxygens (including phenoxy) is 1. The summed E-state index contributed by atoms with van der Waals surface area (Å²) in [5.41, 5.74) is 7.74. The molecule has 8 nitrogen and oxygen atoms in total. The SMILES string of the molecule is C[C@@H]1CN(c2nc3ccc(F)cc3s2)C[C@@H](C)N1C(=O)OC1CCN(Cc2ccc(C(N)=O)cc2)CC1. The number of piperidine rings is 1. The summed E-state index contributed by atoms with van der Waals surface area (Å²) in [7, 11) is 0. The van der Waals surface area contributed by atoms with E-state index in [2.05, 4.69) is 14.8 Å². The molecule has 0 radical (unpaired) electrons. The molecule has 2 aromatic carbocycles. The molecular weight excluding hydrogens is 493 g/mol. The molecule has 196 valence electrons. The molecule has 3 aromatic rings. The first-order chi connectivity index (χ1) is 17.8. The van der Waals surface area contributed by atoms with E-state index in [1.54, 1.807) is 18.2 Å². The van der Waals surface area contributed by atoms with E-state index < -0.39 is 5.91 Å². The largest absolute Gasteiger partial charge is 0.446 e. The quantitative estimate of drug-likeness (QED) is 0.536. The zero-order valence-corrected chi connectivity index (χ0v) is 21.9. The number of carbonyl (C=O) groups excluding carboxylic acids is 2. The summed E-state index contributed by atoms with van der Waals surface area (Å²) >= 11 is 1.48. The molecule has 0 saturated carbocycles. The van der Waals surface area contributed by atoms with Crippen molar-refractivity contribution in [2.75, 3.05) is 31.1 Å². The third kappa shape index (κ3) is 5.70. The van der Waals surface area contributed by atoms with Crippen LogP contribution in [0.1, 0.15) is 42.6 Å². The number of likely N-dealkylation sites (tertiary alicyclic amines) is 1. The van der Waals surface area contributed by atoms with Gasteiger partial charge < -0.3 is 15.4 Å². The van der Waals surface area contributed by atoms with Crippen molar-refractivity contribution in [2.45, 2.75) is 51.4 Å². The van der Waals surface area contributed by atoms with Crippen LogP contribution in [-0.2, 0) is 11.3 Å². The molecule has 10 heteroatoms. The van der Waals surface area contributed by atoms with Crippen molar-refractivity contribution >= 4 is 38.7 Å².